The van der Waals surface area contributed by atoms with Crippen LogP contribution in [0.3, 0.4) is 0 Å². The number of rotatable bonds is 3. The summed E-state index contributed by atoms with van der Waals surface area (Å²) in [6.45, 7) is 1.71. The zero-order chi connectivity index (χ0) is 16.2. The minimum absolute atomic E-state index is 0.103. The van der Waals surface area contributed by atoms with E-state index in [9.17, 15) is 9.59 Å². The van der Waals surface area contributed by atoms with Crippen molar-refractivity contribution in [2.24, 2.45) is 20.0 Å². The van der Waals surface area contributed by atoms with Gasteiger partial charge in [0, 0.05) is 26.2 Å². The van der Waals surface area contributed by atoms with Crippen LogP contribution in [0, 0.1) is 5.92 Å². The monoisotopic (exact) mass is 314 g/mol. The molecule has 0 bridgehead atoms. The van der Waals surface area contributed by atoms with Gasteiger partial charge in [0.15, 0.2) is 0 Å². The lowest BCUT2D eigenvalue weighted by Gasteiger charge is -2.45. The zero-order valence-electron chi connectivity index (χ0n) is 13.6. The van der Waals surface area contributed by atoms with Gasteiger partial charge in [-0.1, -0.05) is 6.07 Å². The second kappa shape index (κ2) is 4.96. The van der Waals surface area contributed by atoms with Crippen LogP contribution in [0.4, 0.5) is 0 Å². The number of amides is 1. The smallest absolute Gasteiger partial charge is 0.328 e. The number of imidazole rings is 1. The van der Waals surface area contributed by atoms with Gasteiger partial charge < -0.3 is 10.6 Å². The summed E-state index contributed by atoms with van der Waals surface area (Å²) in [6.07, 6.45) is 3.59. The Morgan fingerprint density at radius 1 is 1.35 bits per heavy atom. The number of hydrogen-bond acceptors (Lipinski definition) is 3. The Bertz CT molecular complexity index is 850. The maximum Gasteiger partial charge on any atom is 0.328 e. The highest BCUT2D eigenvalue weighted by Crippen LogP contribution is 2.43. The van der Waals surface area contributed by atoms with Gasteiger partial charge in [0.05, 0.1) is 16.6 Å². The van der Waals surface area contributed by atoms with E-state index in [1.807, 2.05) is 12.1 Å². The van der Waals surface area contributed by atoms with Crippen molar-refractivity contribution in [3.63, 3.8) is 0 Å². The topological polar surface area (TPSA) is 68.1 Å². The van der Waals surface area contributed by atoms with Crippen molar-refractivity contribution >= 4 is 16.9 Å². The molecule has 0 spiro atoms. The molecule has 2 fully saturated rings. The molecule has 2 unspecified atom stereocenters. The predicted molar refractivity (Wildman–Crippen MR) is 88.6 cm³/mol. The molecule has 1 saturated heterocycles. The molecule has 6 heteroatoms. The van der Waals surface area contributed by atoms with Crippen LogP contribution >= 0.6 is 0 Å². The Morgan fingerprint density at radius 2 is 2.17 bits per heavy atom. The molecule has 2 atom stereocenters. The van der Waals surface area contributed by atoms with Gasteiger partial charge in [-0.25, -0.2) is 4.79 Å². The fourth-order valence-electron chi connectivity index (χ4n) is 4.24. The van der Waals surface area contributed by atoms with E-state index in [4.69, 9.17) is 0 Å². The number of aromatic nitrogens is 2. The first kappa shape index (κ1) is 14.5. The van der Waals surface area contributed by atoms with E-state index in [1.165, 1.54) is 12.8 Å². The van der Waals surface area contributed by atoms with Crippen molar-refractivity contribution in [3.8, 4) is 0 Å². The lowest BCUT2D eigenvalue weighted by molar-refractivity contribution is 0.0880. The Hall–Kier alpha value is -2.08. The van der Waals surface area contributed by atoms with Crippen LogP contribution in [0.15, 0.2) is 23.0 Å². The predicted octanol–water partition coefficient (Wildman–Crippen LogP) is 0.749. The second-order valence-corrected chi connectivity index (χ2v) is 6.86. The number of para-hydroxylation sites is 1. The summed E-state index contributed by atoms with van der Waals surface area (Å²) < 4.78 is 3.12. The Morgan fingerprint density at radius 3 is 2.87 bits per heavy atom. The largest absolute Gasteiger partial charge is 0.350 e. The Kier molecular flexibility index (Phi) is 3.13. The maximum atomic E-state index is 12.7. The van der Waals surface area contributed by atoms with Gasteiger partial charge in [-0.2, -0.15) is 0 Å². The molecule has 1 aliphatic heterocycles. The molecule has 1 saturated carbocycles. The molecule has 2 heterocycles. The first-order valence-corrected chi connectivity index (χ1v) is 8.21. The molecule has 2 aromatic rings. The maximum absolute atomic E-state index is 12.7. The van der Waals surface area contributed by atoms with E-state index < -0.39 is 0 Å². The normalized spacial score (nSPS) is 26.1. The third-order valence-electron chi connectivity index (χ3n) is 5.78. The van der Waals surface area contributed by atoms with Crippen LogP contribution in [-0.4, -0.2) is 33.7 Å². The van der Waals surface area contributed by atoms with Crippen LogP contribution < -0.4 is 16.3 Å². The highest BCUT2D eigenvalue weighted by atomic mass is 16.2. The molecule has 0 radical (unpaired) electrons. The average Bonchev–Trinajstić information content (AvgIpc) is 2.95. The summed E-state index contributed by atoms with van der Waals surface area (Å²) in [6, 6.07) is 5.48. The zero-order valence-corrected chi connectivity index (χ0v) is 13.6. The van der Waals surface area contributed by atoms with Crippen LogP contribution in [0.5, 0.6) is 0 Å². The highest BCUT2D eigenvalue weighted by Gasteiger charge is 2.49. The van der Waals surface area contributed by atoms with Gasteiger partial charge >= 0.3 is 5.69 Å². The number of nitrogens with zero attached hydrogens (tertiary/aromatic N) is 2. The molecule has 23 heavy (non-hydrogen) atoms. The summed E-state index contributed by atoms with van der Waals surface area (Å²) in [4.78, 5) is 24.8. The number of hydrogen-bond donors (Lipinski definition) is 2. The van der Waals surface area contributed by atoms with E-state index in [0.29, 0.717) is 23.5 Å². The van der Waals surface area contributed by atoms with Gasteiger partial charge in [0.1, 0.15) is 0 Å². The van der Waals surface area contributed by atoms with E-state index in [1.54, 1.807) is 29.3 Å². The first-order chi connectivity index (χ1) is 11.0. The molecular weight excluding hydrogens is 292 g/mol. The fraction of sp³-hybridized carbons (Fsp3) is 0.529. The molecule has 1 aromatic heterocycles. The minimum Gasteiger partial charge on any atom is -0.350 e. The fourth-order valence-corrected chi connectivity index (χ4v) is 4.24. The van der Waals surface area contributed by atoms with Crippen molar-refractivity contribution < 1.29 is 4.79 Å². The summed E-state index contributed by atoms with van der Waals surface area (Å²) in [7, 11) is 3.44. The van der Waals surface area contributed by atoms with E-state index in [2.05, 4.69) is 10.6 Å². The van der Waals surface area contributed by atoms with Gasteiger partial charge in [0.25, 0.3) is 5.91 Å². The molecule has 2 N–H and O–H groups in total. The summed E-state index contributed by atoms with van der Waals surface area (Å²) in [5, 5.41) is 6.65. The molecule has 1 aromatic carbocycles. The second-order valence-electron chi connectivity index (χ2n) is 6.86. The van der Waals surface area contributed by atoms with Crippen molar-refractivity contribution in [3.05, 3.63) is 34.2 Å². The number of benzene rings is 1. The van der Waals surface area contributed by atoms with Gasteiger partial charge in [-0.05, 0) is 43.9 Å². The minimum atomic E-state index is -0.115. The number of nitrogens with one attached hydrogen (secondary N) is 2. The SMILES string of the molecule is Cn1c(=O)n(C)c2c(C(=O)NCC34CCC3CCN4)cccc21. The first-order valence-electron chi connectivity index (χ1n) is 8.21. The molecule has 6 nitrogen and oxygen atoms in total. The van der Waals surface area contributed by atoms with Crippen LogP contribution in [0.1, 0.15) is 29.6 Å². The van der Waals surface area contributed by atoms with Gasteiger partial charge in [-0.15, -0.1) is 0 Å². The number of carbonyl (C=O) groups excluding carboxylic acids is 1. The molecule has 2 aliphatic rings. The quantitative estimate of drug-likeness (QED) is 0.878. The highest BCUT2D eigenvalue weighted by molar-refractivity contribution is 6.05. The lowest BCUT2D eigenvalue weighted by atomic mass is 9.68. The van der Waals surface area contributed by atoms with Crippen molar-refractivity contribution in [1.82, 2.24) is 19.8 Å². The molecular formula is C17H22N4O2. The van der Waals surface area contributed by atoms with Gasteiger partial charge in [0.2, 0.25) is 0 Å². The van der Waals surface area contributed by atoms with E-state index >= 15 is 0 Å². The molecule has 1 aliphatic carbocycles. The number of carbonyl (C=O) groups is 1. The summed E-state index contributed by atoms with van der Waals surface area (Å²) in [5.74, 6) is 0.588. The number of aryl methyl sites for hydroxylation is 2. The van der Waals surface area contributed by atoms with Crippen LogP contribution in [0.25, 0.3) is 11.0 Å². The average molecular weight is 314 g/mol. The lowest BCUT2D eigenvalue weighted by Crippen LogP contribution is -2.59. The summed E-state index contributed by atoms with van der Waals surface area (Å²) in [5.41, 5.74) is 2.03. The van der Waals surface area contributed by atoms with E-state index in [-0.39, 0.29) is 17.1 Å². The standard InChI is InChI=1S/C17H22N4O2/c1-20-13-5-3-4-12(14(13)21(2)16(20)23)15(22)18-10-17-8-6-11(17)7-9-19-17/h3-5,11,19H,6-10H2,1-2H3,(H,18,22). The van der Waals surface area contributed by atoms with Crippen molar-refractivity contribution in [2.45, 2.75) is 24.8 Å². The van der Waals surface area contributed by atoms with Crippen LogP contribution in [-0.2, 0) is 14.1 Å². The van der Waals surface area contributed by atoms with Crippen LogP contribution in [0.2, 0.25) is 0 Å². The molecule has 1 amide bonds. The molecule has 122 valence electrons. The number of fused-ring (bicyclic) bond motifs is 2. The third-order valence-corrected chi connectivity index (χ3v) is 5.78. The van der Waals surface area contributed by atoms with E-state index in [0.717, 1.165) is 18.5 Å². The Balaban J connectivity index is 1.63. The summed E-state index contributed by atoms with van der Waals surface area (Å²) >= 11 is 0. The third kappa shape index (κ3) is 1.97. The van der Waals surface area contributed by atoms with Gasteiger partial charge in [-0.3, -0.25) is 13.9 Å². The van der Waals surface area contributed by atoms with Crippen molar-refractivity contribution in [1.29, 1.82) is 0 Å². The van der Waals surface area contributed by atoms with Crippen molar-refractivity contribution in [2.75, 3.05) is 13.1 Å². The Labute approximate surface area is 134 Å². The molecule has 4 rings (SSSR count).